The maximum absolute atomic E-state index is 11.1. The lowest BCUT2D eigenvalue weighted by molar-refractivity contribution is 0.0690. The second kappa shape index (κ2) is 4.70. The number of fused-ring (bicyclic) bond motifs is 1. The summed E-state index contributed by atoms with van der Waals surface area (Å²) in [6.45, 7) is 1.74. The van der Waals surface area contributed by atoms with Crippen molar-refractivity contribution in [3.8, 4) is 11.5 Å². The summed E-state index contributed by atoms with van der Waals surface area (Å²) in [5, 5.41) is 11.0. The number of aromatic carboxylic acids is 1. The molecule has 0 fully saturated rings. The predicted octanol–water partition coefficient (Wildman–Crippen LogP) is 2.70. The summed E-state index contributed by atoms with van der Waals surface area (Å²) in [7, 11) is 0. The Morgan fingerprint density at radius 3 is 2.75 bits per heavy atom. The van der Waals surface area contributed by atoms with Gasteiger partial charge < -0.3 is 5.11 Å². The van der Waals surface area contributed by atoms with Crippen LogP contribution in [0.5, 0.6) is 0 Å². The molecule has 2 heterocycles. The molecule has 3 rings (SSSR count). The van der Waals surface area contributed by atoms with Crippen LogP contribution in [0.25, 0.3) is 22.3 Å². The van der Waals surface area contributed by atoms with E-state index in [1.165, 1.54) is 6.07 Å². The van der Waals surface area contributed by atoms with Crippen molar-refractivity contribution < 1.29 is 9.90 Å². The summed E-state index contributed by atoms with van der Waals surface area (Å²) >= 11 is 0. The van der Waals surface area contributed by atoms with Gasteiger partial charge in [0, 0.05) is 17.3 Å². The van der Waals surface area contributed by atoms with Gasteiger partial charge in [-0.3, -0.25) is 4.98 Å². The molecule has 0 saturated carbocycles. The Labute approximate surface area is 115 Å². The fourth-order valence-electron chi connectivity index (χ4n) is 2.08. The van der Waals surface area contributed by atoms with E-state index in [1.807, 2.05) is 30.3 Å². The highest BCUT2D eigenvalue weighted by Crippen LogP contribution is 2.24. The number of carboxylic acid groups (broad SMARTS) is 1. The predicted molar refractivity (Wildman–Crippen MR) is 74.5 cm³/mol. The van der Waals surface area contributed by atoms with Crippen LogP contribution in [0.3, 0.4) is 0 Å². The number of benzene rings is 1. The molecule has 1 N–H and O–H groups in total. The van der Waals surface area contributed by atoms with Gasteiger partial charge >= 0.3 is 5.97 Å². The molecule has 0 aliphatic carbocycles. The largest absolute Gasteiger partial charge is 0.477 e. The third-order valence-electron chi connectivity index (χ3n) is 2.96. The second-order valence-corrected chi connectivity index (χ2v) is 4.40. The monoisotopic (exact) mass is 265 g/mol. The molecular weight excluding hydrogens is 254 g/mol. The highest BCUT2D eigenvalue weighted by atomic mass is 16.4. The van der Waals surface area contributed by atoms with Gasteiger partial charge in [0.15, 0.2) is 11.5 Å². The van der Waals surface area contributed by atoms with E-state index in [1.54, 1.807) is 13.1 Å². The van der Waals surface area contributed by atoms with Crippen molar-refractivity contribution in [1.29, 1.82) is 0 Å². The molecule has 0 saturated heterocycles. The molecule has 0 aliphatic heterocycles. The van der Waals surface area contributed by atoms with Crippen LogP contribution in [0.15, 0.2) is 42.6 Å². The zero-order chi connectivity index (χ0) is 14.1. The molecule has 0 aliphatic rings. The summed E-state index contributed by atoms with van der Waals surface area (Å²) in [5.41, 5.74) is 1.17. The van der Waals surface area contributed by atoms with E-state index in [2.05, 4.69) is 15.0 Å². The quantitative estimate of drug-likeness (QED) is 0.771. The van der Waals surface area contributed by atoms with Gasteiger partial charge in [0.1, 0.15) is 5.69 Å². The van der Waals surface area contributed by atoms with Gasteiger partial charge in [-0.25, -0.2) is 14.8 Å². The molecule has 0 radical (unpaired) electrons. The first kappa shape index (κ1) is 12.2. The molecule has 5 heteroatoms. The van der Waals surface area contributed by atoms with Gasteiger partial charge in [-0.05, 0) is 24.4 Å². The van der Waals surface area contributed by atoms with E-state index in [4.69, 9.17) is 5.11 Å². The Kier molecular flexibility index (Phi) is 2.87. The summed E-state index contributed by atoms with van der Waals surface area (Å²) in [4.78, 5) is 23.8. The molecule has 20 heavy (non-hydrogen) atoms. The summed E-state index contributed by atoms with van der Waals surface area (Å²) in [5.74, 6) is -0.740. The van der Waals surface area contributed by atoms with Crippen LogP contribution in [0.2, 0.25) is 0 Å². The highest BCUT2D eigenvalue weighted by Gasteiger charge is 2.13. The Balaban J connectivity index is 2.28. The van der Waals surface area contributed by atoms with Crippen LogP contribution in [0.1, 0.15) is 16.2 Å². The first-order valence-electron chi connectivity index (χ1n) is 6.08. The zero-order valence-corrected chi connectivity index (χ0v) is 10.7. The maximum atomic E-state index is 11.1. The molecule has 0 bridgehead atoms. The molecule has 2 aromatic heterocycles. The zero-order valence-electron chi connectivity index (χ0n) is 10.7. The fourth-order valence-corrected chi connectivity index (χ4v) is 2.08. The molecule has 0 atom stereocenters. The van der Waals surface area contributed by atoms with Crippen molar-refractivity contribution in [2.24, 2.45) is 0 Å². The van der Waals surface area contributed by atoms with Crippen LogP contribution in [-0.4, -0.2) is 26.0 Å². The van der Waals surface area contributed by atoms with E-state index < -0.39 is 5.97 Å². The lowest BCUT2D eigenvalue weighted by Gasteiger charge is -2.06. The van der Waals surface area contributed by atoms with Crippen LogP contribution >= 0.6 is 0 Å². The highest BCUT2D eigenvalue weighted by molar-refractivity contribution is 5.93. The molecular formula is C15H11N3O2. The number of nitrogens with zero attached hydrogens (tertiary/aromatic N) is 3. The van der Waals surface area contributed by atoms with Crippen molar-refractivity contribution in [3.05, 3.63) is 54.0 Å². The summed E-state index contributed by atoms with van der Waals surface area (Å²) < 4.78 is 0. The number of pyridine rings is 1. The minimum Gasteiger partial charge on any atom is -0.477 e. The second-order valence-electron chi connectivity index (χ2n) is 4.40. The Hall–Kier alpha value is -2.82. The third kappa shape index (κ3) is 2.09. The number of rotatable bonds is 2. The number of aromatic nitrogens is 3. The van der Waals surface area contributed by atoms with Gasteiger partial charge in [0.2, 0.25) is 0 Å². The molecule has 0 unspecified atom stereocenters. The average Bonchev–Trinajstić information content (AvgIpc) is 2.46. The molecule has 5 nitrogen and oxygen atoms in total. The average molecular weight is 265 g/mol. The molecule has 0 spiro atoms. The minimum absolute atomic E-state index is 0.0257. The van der Waals surface area contributed by atoms with E-state index >= 15 is 0 Å². The lowest BCUT2D eigenvalue weighted by atomic mass is 10.1. The first-order valence-corrected chi connectivity index (χ1v) is 6.08. The van der Waals surface area contributed by atoms with Gasteiger partial charge in [-0.15, -0.1) is 0 Å². The van der Waals surface area contributed by atoms with E-state index in [-0.39, 0.29) is 5.69 Å². The minimum atomic E-state index is -1.07. The number of hydrogen-bond donors (Lipinski definition) is 1. The van der Waals surface area contributed by atoms with Crippen molar-refractivity contribution in [2.45, 2.75) is 6.92 Å². The van der Waals surface area contributed by atoms with Gasteiger partial charge in [0.25, 0.3) is 0 Å². The summed E-state index contributed by atoms with van der Waals surface area (Å²) in [6.07, 6.45) is 1.67. The molecule has 3 aromatic rings. The Bertz CT molecular complexity index is 810. The van der Waals surface area contributed by atoms with E-state index in [0.29, 0.717) is 17.2 Å². The van der Waals surface area contributed by atoms with E-state index in [0.717, 1.165) is 10.8 Å². The molecule has 1 aromatic carbocycles. The molecule has 98 valence electrons. The van der Waals surface area contributed by atoms with Gasteiger partial charge in [-0.1, -0.05) is 24.3 Å². The topological polar surface area (TPSA) is 76.0 Å². The van der Waals surface area contributed by atoms with E-state index in [9.17, 15) is 4.79 Å². The number of aryl methyl sites for hydroxylation is 1. The summed E-state index contributed by atoms with van der Waals surface area (Å²) in [6, 6.07) is 11.1. The van der Waals surface area contributed by atoms with Crippen molar-refractivity contribution in [3.63, 3.8) is 0 Å². The van der Waals surface area contributed by atoms with Gasteiger partial charge in [0.05, 0.1) is 0 Å². The number of carbonyl (C=O) groups is 1. The van der Waals surface area contributed by atoms with Crippen LogP contribution < -0.4 is 0 Å². The van der Waals surface area contributed by atoms with Crippen LogP contribution in [0.4, 0.5) is 0 Å². The molecule has 0 amide bonds. The van der Waals surface area contributed by atoms with Crippen LogP contribution in [-0.2, 0) is 0 Å². The number of hydrogen-bond acceptors (Lipinski definition) is 4. The Morgan fingerprint density at radius 1 is 1.15 bits per heavy atom. The first-order chi connectivity index (χ1) is 9.65. The van der Waals surface area contributed by atoms with Crippen molar-refractivity contribution in [2.75, 3.05) is 0 Å². The third-order valence-corrected chi connectivity index (χ3v) is 2.96. The van der Waals surface area contributed by atoms with Crippen molar-refractivity contribution >= 4 is 16.7 Å². The Morgan fingerprint density at radius 2 is 1.95 bits per heavy atom. The number of carboxylic acids is 1. The van der Waals surface area contributed by atoms with Gasteiger partial charge in [-0.2, -0.15) is 0 Å². The normalized spacial score (nSPS) is 10.7. The maximum Gasteiger partial charge on any atom is 0.354 e. The standard InChI is InChI=1S/C15H11N3O2/c1-9-8-12(15(19)20)18-14(17-9)13-11-5-3-2-4-10(11)6-7-16-13/h2-8H,1H3,(H,19,20). The fraction of sp³-hybridized carbons (Fsp3) is 0.0667. The lowest BCUT2D eigenvalue weighted by Crippen LogP contribution is -2.05. The van der Waals surface area contributed by atoms with Crippen LogP contribution in [0, 0.1) is 6.92 Å². The SMILES string of the molecule is Cc1cc(C(=O)O)nc(-c2nccc3ccccc23)n1. The smallest absolute Gasteiger partial charge is 0.354 e. The van der Waals surface area contributed by atoms with Crippen molar-refractivity contribution in [1.82, 2.24) is 15.0 Å².